The highest BCUT2D eigenvalue weighted by Crippen LogP contribution is 2.46. The zero-order valence-electron chi connectivity index (χ0n) is 31.0. The zero-order valence-corrected chi connectivity index (χ0v) is 31.0. The van der Waals surface area contributed by atoms with Crippen LogP contribution in [0.5, 0.6) is 0 Å². The summed E-state index contributed by atoms with van der Waals surface area (Å²) in [5.74, 6) is 0. The molecule has 2 heterocycles. The van der Waals surface area contributed by atoms with Gasteiger partial charge in [0.15, 0.2) is 0 Å². The predicted molar refractivity (Wildman–Crippen MR) is 242 cm³/mol. The third-order valence-corrected chi connectivity index (χ3v) is 12.0. The van der Waals surface area contributed by atoms with E-state index in [2.05, 4.69) is 205 Å². The van der Waals surface area contributed by atoms with Crippen molar-refractivity contribution >= 4 is 70.5 Å². The molecular formula is C55H34N2. The molecule has 2 aromatic heterocycles. The van der Waals surface area contributed by atoms with Crippen molar-refractivity contribution in [3.63, 3.8) is 0 Å². The Morgan fingerprint density at radius 2 is 0.772 bits per heavy atom. The molecule has 0 bridgehead atoms. The molecule has 0 spiro atoms. The minimum Gasteiger partial charge on any atom is -0.306 e. The molecule has 0 unspecified atom stereocenters. The number of benzene rings is 10. The molecule has 0 radical (unpaired) electrons. The maximum atomic E-state index is 4.88. The van der Waals surface area contributed by atoms with Crippen molar-refractivity contribution in [3.8, 4) is 44.5 Å². The van der Waals surface area contributed by atoms with Crippen molar-refractivity contribution in [2.24, 2.45) is 0 Å². The standard InChI is InChI=1S/C55H34N2/c1-3-13-39-31-42(27-23-35(39)11-1)53-44-15-5-6-16-45(44)54(43-28-24-36-12-2-4-14-40(36)32-43)48-33-41(29-30-46(48)53)37-21-25-38(26-22-37)55-47-17-7-9-19-50(47)57-51-20-10-8-18-49(51)56-34-52(55)57/h1-34H. The minimum atomic E-state index is 0.989. The van der Waals surface area contributed by atoms with Gasteiger partial charge in [-0.25, -0.2) is 0 Å². The van der Waals surface area contributed by atoms with Crippen molar-refractivity contribution in [3.05, 3.63) is 206 Å². The highest BCUT2D eigenvalue weighted by Gasteiger charge is 2.19. The molecule has 0 saturated heterocycles. The van der Waals surface area contributed by atoms with Gasteiger partial charge in [0.25, 0.3) is 0 Å². The normalized spacial score (nSPS) is 11.9. The molecule has 0 atom stereocenters. The highest BCUT2D eigenvalue weighted by atomic mass is 14.9. The van der Waals surface area contributed by atoms with E-state index in [1.165, 1.54) is 98.5 Å². The van der Waals surface area contributed by atoms with Crippen LogP contribution in [0.15, 0.2) is 206 Å². The maximum Gasteiger partial charge on any atom is 0.0871 e. The first-order chi connectivity index (χ1) is 28.3. The summed E-state index contributed by atoms with van der Waals surface area (Å²) in [7, 11) is 0. The van der Waals surface area contributed by atoms with E-state index in [0.29, 0.717) is 0 Å². The number of para-hydroxylation sites is 3. The SMILES string of the molecule is c1ccc2cc(-c3c4ccccc4c(-c4ccc5ccccc5c4)c4cc(-c5ccc(-c6c7ccccc7n7c6cnc6ccccc67)cc5)ccc34)ccc2c1. The second-order valence-corrected chi connectivity index (χ2v) is 15.1. The lowest BCUT2D eigenvalue weighted by Gasteiger charge is -2.19. The molecule has 0 saturated carbocycles. The second-order valence-electron chi connectivity index (χ2n) is 15.1. The molecule has 57 heavy (non-hydrogen) atoms. The molecule has 264 valence electrons. The molecule has 10 aromatic carbocycles. The maximum absolute atomic E-state index is 4.88. The lowest BCUT2D eigenvalue weighted by Crippen LogP contribution is -1.92. The largest absolute Gasteiger partial charge is 0.306 e. The first-order valence-corrected chi connectivity index (χ1v) is 19.6. The summed E-state index contributed by atoms with van der Waals surface area (Å²) in [5.41, 5.74) is 14.1. The van der Waals surface area contributed by atoms with Gasteiger partial charge in [0, 0.05) is 10.9 Å². The Balaban J connectivity index is 1.08. The van der Waals surface area contributed by atoms with Gasteiger partial charge >= 0.3 is 0 Å². The molecule has 12 aromatic rings. The van der Waals surface area contributed by atoms with E-state index in [0.717, 1.165) is 16.6 Å². The van der Waals surface area contributed by atoms with Crippen LogP contribution in [0.25, 0.3) is 115 Å². The van der Waals surface area contributed by atoms with Crippen LogP contribution in [0, 0.1) is 0 Å². The Morgan fingerprint density at radius 1 is 0.281 bits per heavy atom. The van der Waals surface area contributed by atoms with Crippen LogP contribution in [0.2, 0.25) is 0 Å². The van der Waals surface area contributed by atoms with Crippen LogP contribution in [-0.2, 0) is 0 Å². The van der Waals surface area contributed by atoms with E-state index >= 15 is 0 Å². The van der Waals surface area contributed by atoms with Gasteiger partial charge in [0.05, 0.1) is 28.3 Å². The summed E-state index contributed by atoms with van der Waals surface area (Å²) in [6.07, 6.45) is 2.03. The van der Waals surface area contributed by atoms with Crippen molar-refractivity contribution in [1.82, 2.24) is 9.38 Å². The molecule has 0 fully saturated rings. The average molecular weight is 723 g/mol. The Labute approximate surface area is 329 Å². The summed E-state index contributed by atoms with van der Waals surface area (Å²) >= 11 is 0. The molecule has 0 amide bonds. The lowest BCUT2D eigenvalue weighted by atomic mass is 9.84. The van der Waals surface area contributed by atoms with E-state index in [1.54, 1.807) is 0 Å². The van der Waals surface area contributed by atoms with Gasteiger partial charge in [0.2, 0.25) is 0 Å². The van der Waals surface area contributed by atoms with Gasteiger partial charge in [-0.05, 0) is 118 Å². The summed E-state index contributed by atoms with van der Waals surface area (Å²) in [4.78, 5) is 4.88. The number of hydrogen-bond donors (Lipinski definition) is 0. The molecular weight excluding hydrogens is 689 g/mol. The summed E-state index contributed by atoms with van der Waals surface area (Å²) < 4.78 is 2.36. The lowest BCUT2D eigenvalue weighted by molar-refractivity contribution is 1.27. The first-order valence-electron chi connectivity index (χ1n) is 19.6. The zero-order chi connectivity index (χ0) is 37.5. The van der Waals surface area contributed by atoms with E-state index in [4.69, 9.17) is 4.98 Å². The van der Waals surface area contributed by atoms with Crippen LogP contribution in [0.3, 0.4) is 0 Å². The fourth-order valence-electron chi connectivity index (χ4n) is 9.34. The first kappa shape index (κ1) is 31.8. The molecule has 0 aliphatic rings. The topological polar surface area (TPSA) is 17.3 Å². The quantitative estimate of drug-likeness (QED) is 0.165. The fraction of sp³-hybridized carbons (Fsp3) is 0. The molecule has 0 N–H and O–H groups in total. The van der Waals surface area contributed by atoms with E-state index in [-0.39, 0.29) is 0 Å². The predicted octanol–water partition coefficient (Wildman–Crippen LogP) is 14.9. The Bertz CT molecular complexity index is 3570. The van der Waals surface area contributed by atoms with E-state index in [1.807, 2.05) is 6.20 Å². The molecule has 2 heteroatoms. The van der Waals surface area contributed by atoms with E-state index < -0.39 is 0 Å². The minimum absolute atomic E-state index is 0.989. The summed E-state index contributed by atoms with van der Waals surface area (Å²) in [5, 5.41) is 11.2. The van der Waals surface area contributed by atoms with Gasteiger partial charge in [-0.2, -0.15) is 0 Å². The smallest absolute Gasteiger partial charge is 0.0871 e. The fourth-order valence-corrected chi connectivity index (χ4v) is 9.34. The Morgan fingerprint density at radius 3 is 1.46 bits per heavy atom. The van der Waals surface area contributed by atoms with Crippen LogP contribution in [0.1, 0.15) is 0 Å². The third-order valence-electron chi connectivity index (χ3n) is 12.0. The number of aromatic nitrogens is 2. The third kappa shape index (κ3) is 4.94. The molecule has 12 rings (SSSR count). The number of nitrogens with zero attached hydrogens (tertiary/aromatic N) is 2. The highest BCUT2D eigenvalue weighted by molar-refractivity contribution is 6.22. The molecule has 0 aliphatic carbocycles. The molecule has 2 nitrogen and oxygen atoms in total. The van der Waals surface area contributed by atoms with Crippen molar-refractivity contribution in [1.29, 1.82) is 0 Å². The number of rotatable bonds is 4. The number of hydrogen-bond acceptors (Lipinski definition) is 1. The van der Waals surface area contributed by atoms with Crippen LogP contribution < -0.4 is 0 Å². The van der Waals surface area contributed by atoms with Crippen molar-refractivity contribution in [2.45, 2.75) is 0 Å². The van der Waals surface area contributed by atoms with Crippen molar-refractivity contribution < 1.29 is 0 Å². The van der Waals surface area contributed by atoms with Gasteiger partial charge < -0.3 is 4.40 Å². The van der Waals surface area contributed by atoms with Gasteiger partial charge in [-0.1, -0.05) is 164 Å². The molecule has 0 aliphatic heterocycles. The van der Waals surface area contributed by atoms with Gasteiger partial charge in [-0.15, -0.1) is 0 Å². The Kier molecular flexibility index (Phi) is 6.96. The van der Waals surface area contributed by atoms with E-state index in [9.17, 15) is 0 Å². The van der Waals surface area contributed by atoms with Crippen LogP contribution in [0.4, 0.5) is 0 Å². The second kappa shape index (κ2) is 12.5. The Hall–Kier alpha value is -7.55. The van der Waals surface area contributed by atoms with Gasteiger partial charge in [-0.3, -0.25) is 4.98 Å². The van der Waals surface area contributed by atoms with Crippen molar-refractivity contribution in [2.75, 3.05) is 0 Å². The summed E-state index contributed by atoms with van der Waals surface area (Å²) in [6, 6.07) is 73.4. The average Bonchev–Trinajstić information content (AvgIpc) is 3.62. The monoisotopic (exact) mass is 722 g/mol. The number of fused-ring (bicyclic) bond motifs is 9. The summed E-state index contributed by atoms with van der Waals surface area (Å²) in [6.45, 7) is 0. The van der Waals surface area contributed by atoms with Gasteiger partial charge in [0.1, 0.15) is 0 Å². The van der Waals surface area contributed by atoms with Crippen LogP contribution >= 0.6 is 0 Å². The van der Waals surface area contributed by atoms with Crippen LogP contribution in [-0.4, -0.2) is 9.38 Å².